The molecule has 1 saturated heterocycles. The van der Waals surface area contributed by atoms with E-state index in [-0.39, 0.29) is 0 Å². The first-order chi connectivity index (χ1) is 6.24. The van der Waals surface area contributed by atoms with Gasteiger partial charge in [0.25, 0.3) is 0 Å². The van der Waals surface area contributed by atoms with Crippen LogP contribution in [0.4, 0.5) is 0 Å². The fourth-order valence-electron chi connectivity index (χ4n) is 1.81. The van der Waals surface area contributed by atoms with Crippen molar-refractivity contribution in [3.8, 4) is 0 Å². The lowest BCUT2D eigenvalue weighted by atomic mass is 10.2. The summed E-state index contributed by atoms with van der Waals surface area (Å²) in [6, 6.07) is 0.725. The Kier molecular flexibility index (Phi) is 4.70. The summed E-state index contributed by atoms with van der Waals surface area (Å²) in [5, 5.41) is 3.19. The zero-order valence-electron chi connectivity index (χ0n) is 9.21. The van der Waals surface area contributed by atoms with Gasteiger partial charge in [-0.15, -0.1) is 0 Å². The molecule has 0 aromatic rings. The zero-order valence-corrected chi connectivity index (χ0v) is 9.21. The fourth-order valence-corrected chi connectivity index (χ4v) is 1.81. The highest BCUT2D eigenvalue weighted by Gasteiger charge is 2.19. The molecule has 78 valence electrons. The molecule has 0 spiro atoms. The summed E-state index contributed by atoms with van der Waals surface area (Å²) in [5.74, 6) is 0. The molecular weight excluding hydrogens is 162 g/mol. The van der Waals surface area contributed by atoms with E-state index in [1.165, 1.54) is 32.6 Å². The third-order valence-electron chi connectivity index (χ3n) is 2.94. The van der Waals surface area contributed by atoms with Crippen molar-refractivity contribution >= 4 is 0 Å². The highest BCUT2D eigenvalue weighted by molar-refractivity contribution is 4.76. The maximum Gasteiger partial charge on any atom is 0.0192 e. The van der Waals surface area contributed by atoms with Crippen molar-refractivity contribution in [3.63, 3.8) is 0 Å². The zero-order chi connectivity index (χ0) is 9.68. The summed E-state index contributed by atoms with van der Waals surface area (Å²) in [7, 11) is 4.24. The topological polar surface area (TPSA) is 18.5 Å². The summed E-state index contributed by atoms with van der Waals surface area (Å²) in [5.41, 5.74) is 0. The van der Waals surface area contributed by atoms with E-state index in [4.69, 9.17) is 0 Å². The highest BCUT2D eigenvalue weighted by Crippen LogP contribution is 2.06. The molecule has 1 atom stereocenters. The van der Waals surface area contributed by atoms with Gasteiger partial charge in [0.05, 0.1) is 0 Å². The minimum Gasteiger partial charge on any atom is -0.320 e. The van der Waals surface area contributed by atoms with Gasteiger partial charge in [-0.25, -0.2) is 0 Å². The van der Waals surface area contributed by atoms with Crippen molar-refractivity contribution in [2.75, 3.05) is 46.8 Å². The number of likely N-dealkylation sites (N-methyl/N-ethyl adjacent to an activating group) is 1. The normalized spacial score (nSPS) is 26.5. The van der Waals surface area contributed by atoms with E-state index >= 15 is 0 Å². The maximum absolute atomic E-state index is 3.19. The van der Waals surface area contributed by atoms with Crippen LogP contribution in [0.1, 0.15) is 13.3 Å². The van der Waals surface area contributed by atoms with Gasteiger partial charge in [0.15, 0.2) is 0 Å². The third kappa shape index (κ3) is 3.63. The van der Waals surface area contributed by atoms with E-state index in [0.717, 1.165) is 12.6 Å². The summed E-state index contributed by atoms with van der Waals surface area (Å²) >= 11 is 0. The first-order valence-electron chi connectivity index (χ1n) is 5.31. The van der Waals surface area contributed by atoms with Crippen molar-refractivity contribution in [1.82, 2.24) is 15.1 Å². The Labute approximate surface area is 82.1 Å². The summed E-state index contributed by atoms with van der Waals surface area (Å²) in [4.78, 5) is 5.01. The van der Waals surface area contributed by atoms with E-state index in [9.17, 15) is 0 Å². The Morgan fingerprint density at radius 2 is 2.15 bits per heavy atom. The van der Waals surface area contributed by atoms with Crippen LogP contribution >= 0.6 is 0 Å². The smallest absolute Gasteiger partial charge is 0.0192 e. The minimum atomic E-state index is 0.725. The molecular formula is C10H23N3. The second-order valence-corrected chi connectivity index (χ2v) is 4.09. The molecule has 0 aliphatic carbocycles. The molecule has 0 aromatic carbocycles. The van der Waals surface area contributed by atoms with Crippen LogP contribution in [0.15, 0.2) is 0 Å². The van der Waals surface area contributed by atoms with E-state index in [2.05, 4.69) is 29.1 Å². The molecule has 0 radical (unpaired) electrons. The molecule has 13 heavy (non-hydrogen) atoms. The molecule has 1 rings (SSSR count). The maximum atomic E-state index is 3.19. The molecule has 1 N–H and O–H groups in total. The van der Waals surface area contributed by atoms with Crippen LogP contribution in [0, 0.1) is 0 Å². The summed E-state index contributed by atoms with van der Waals surface area (Å²) < 4.78 is 0. The number of piperazine rings is 1. The number of hydrogen-bond donors (Lipinski definition) is 1. The molecule has 1 unspecified atom stereocenters. The van der Waals surface area contributed by atoms with Gasteiger partial charge in [-0.3, -0.25) is 0 Å². The average molecular weight is 185 g/mol. The second-order valence-electron chi connectivity index (χ2n) is 4.09. The molecule has 3 nitrogen and oxygen atoms in total. The number of hydrogen-bond acceptors (Lipinski definition) is 3. The summed E-state index contributed by atoms with van der Waals surface area (Å²) in [6.07, 6.45) is 1.27. The summed E-state index contributed by atoms with van der Waals surface area (Å²) in [6.45, 7) is 8.40. The van der Waals surface area contributed by atoms with Crippen molar-refractivity contribution in [1.29, 1.82) is 0 Å². The van der Waals surface area contributed by atoms with Gasteiger partial charge in [-0.05, 0) is 40.5 Å². The van der Waals surface area contributed by atoms with E-state index in [1.54, 1.807) is 0 Å². The fraction of sp³-hybridized carbons (Fsp3) is 1.00. The van der Waals surface area contributed by atoms with Crippen LogP contribution in [-0.4, -0.2) is 62.7 Å². The van der Waals surface area contributed by atoms with Gasteiger partial charge < -0.3 is 15.1 Å². The van der Waals surface area contributed by atoms with Crippen molar-refractivity contribution in [2.24, 2.45) is 0 Å². The van der Waals surface area contributed by atoms with Gasteiger partial charge in [-0.1, -0.05) is 0 Å². The third-order valence-corrected chi connectivity index (χ3v) is 2.94. The Hall–Kier alpha value is -0.120. The van der Waals surface area contributed by atoms with Crippen LogP contribution in [0.3, 0.4) is 0 Å². The Bertz CT molecular complexity index is 138. The predicted octanol–water partition coefficient (Wildman–Crippen LogP) is 0.232. The predicted molar refractivity (Wildman–Crippen MR) is 57.1 cm³/mol. The molecule has 0 amide bonds. The first kappa shape index (κ1) is 11.0. The molecule has 0 bridgehead atoms. The number of nitrogens with zero attached hydrogens (tertiary/aromatic N) is 2. The molecule has 1 aliphatic rings. The highest BCUT2D eigenvalue weighted by atomic mass is 15.3. The molecule has 0 aromatic heterocycles. The molecule has 1 heterocycles. The average Bonchev–Trinajstić information content (AvgIpc) is 2.12. The lowest BCUT2D eigenvalue weighted by Gasteiger charge is -2.37. The Morgan fingerprint density at radius 3 is 2.77 bits per heavy atom. The van der Waals surface area contributed by atoms with Crippen molar-refractivity contribution < 1.29 is 0 Å². The number of rotatable bonds is 4. The van der Waals surface area contributed by atoms with E-state index in [1.807, 2.05) is 7.05 Å². The van der Waals surface area contributed by atoms with Crippen LogP contribution in [-0.2, 0) is 0 Å². The van der Waals surface area contributed by atoms with Gasteiger partial charge >= 0.3 is 0 Å². The van der Waals surface area contributed by atoms with Gasteiger partial charge in [0.1, 0.15) is 0 Å². The van der Waals surface area contributed by atoms with Crippen LogP contribution in [0.5, 0.6) is 0 Å². The quantitative estimate of drug-likeness (QED) is 0.633. The van der Waals surface area contributed by atoms with Crippen molar-refractivity contribution in [2.45, 2.75) is 19.4 Å². The van der Waals surface area contributed by atoms with Crippen LogP contribution < -0.4 is 5.32 Å². The van der Waals surface area contributed by atoms with Gasteiger partial charge in [0, 0.05) is 25.7 Å². The Morgan fingerprint density at radius 1 is 1.38 bits per heavy atom. The SMILES string of the molecule is CNCCCN1CCN(C)C(C)C1. The van der Waals surface area contributed by atoms with Crippen LogP contribution in [0.25, 0.3) is 0 Å². The van der Waals surface area contributed by atoms with Crippen molar-refractivity contribution in [3.05, 3.63) is 0 Å². The van der Waals surface area contributed by atoms with Gasteiger partial charge in [0.2, 0.25) is 0 Å². The van der Waals surface area contributed by atoms with E-state index < -0.39 is 0 Å². The largest absolute Gasteiger partial charge is 0.320 e. The van der Waals surface area contributed by atoms with Gasteiger partial charge in [-0.2, -0.15) is 0 Å². The lowest BCUT2D eigenvalue weighted by molar-refractivity contribution is 0.104. The second kappa shape index (κ2) is 5.58. The minimum absolute atomic E-state index is 0.725. The standard InChI is InChI=1S/C10H23N3/c1-10-9-13(6-4-5-11-2)8-7-12(10)3/h10-11H,4-9H2,1-3H3. The molecule has 1 aliphatic heterocycles. The molecule has 3 heteroatoms. The Balaban J connectivity index is 2.14. The number of nitrogens with one attached hydrogen (secondary N) is 1. The molecule has 0 saturated carbocycles. The van der Waals surface area contributed by atoms with E-state index in [0.29, 0.717) is 0 Å². The first-order valence-corrected chi connectivity index (χ1v) is 5.31. The lowest BCUT2D eigenvalue weighted by Crippen LogP contribution is -2.50. The van der Waals surface area contributed by atoms with Crippen LogP contribution in [0.2, 0.25) is 0 Å². The monoisotopic (exact) mass is 185 g/mol. The molecule has 1 fully saturated rings.